The zero-order valence-corrected chi connectivity index (χ0v) is 20.7. The lowest BCUT2D eigenvalue weighted by atomic mass is 9.93. The van der Waals surface area contributed by atoms with Gasteiger partial charge in [-0.1, -0.05) is 54.5 Å². The minimum atomic E-state index is -0.225. The Hall–Kier alpha value is -3.97. The van der Waals surface area contributed by atoms with Crippen molar-refractivity contribution in [3.63, 3.8) is 0 Å². The summed E-state index contributed by atoms with van der Waals surface area (Å²) in [5.74, 6) is 1.74. The van der Waals surface area contributed by atoms with E-state index >= 15 is 0 Å². The Morgan fingerprint density at radius 2 is 1.71 bits per heavy atom. The van der Waals surface area contributed by atoms with E-state index in [1.807, 2.05) is 66.4 Å². The summed E-state index contributed by atoms with van der Waals surface area (Å²) in [6, 6.07) is 26.0. The molecule has 0 aliphatic carbocycles. The third-order valence-corrected chi connectivity index (χ3v) is 6.53. The summed E-state index contributed by atoms with van der Waals surface area (Å²) >= 11 is 5.82. The second-order valence-electron chi connectivity index (χ2n) is 8.30. The van der Waals surface area contributed by atoms with Crippen molar-refractivity contribution >= 4 is 28.6 Å². The van der Waals surface area contributed by atoms with E-state index in [1.165, 1.54) is 5.56 Å². The molecule has 0 radical (unpaired) electrons. The van der Waals surface area contributed by atoms with E-state index in [1.54, 1.807) is 7.11 Å². The molecule has 1 aliphatic heterocycles. The van der Waals surface area contributed by atoms with Crippen LogP contribution in [0.5, 0.6) is 5.75 Å². The Labute approximate surface area is 210 Å². The molecule has 2 heterocycles. The van der Waals surface area contributed by atoms with Crippen LogP contribution in [0.1, 0.15) is 36.9 Å². The quantitative estimate of drug-likeness (QED) is 0.330. The highest BCUT2D eigenvalue weighted by molar-refractivity contribution is 7.80. The number of anilines is 1. The van der Waals surface area contributed by atoms with Gasteiger partial charge in [-0.3, -0.25) is 4.90 Å². The minimum Gasteiger partial charge on any atom is -0.497 e. The first-order valence-electron chi connectivity index (χ1n) is 11.5. The number of allylic oxidation sites excluding steroid dienone is 1. The Morgan fingerprint density at radius 1 is 1.00 bits per heavy atom. The molecular weight excluding hydrogens is 456 g/mol. The summed E-state index contributed by atoms with van der Waals surface area (Å²) in [7, 11) is 1.64. The molecule has 4 aromatic rings. The van der Waals surface area contributed by atoms with Crippen LogP contribution in [0.2, 0.25) is 0 Å². The highest BCUT2D eigenvalue weighted by Gasteiger charge is 2.34. The van der Waals surface area contributed by atoms with Crippen molar-refractivity contribution in [3.8, 4) is 17.1 Å². The van der Waals surface area contributed by atoms with E-state index in [2.05, 4.69) is 41.7 Å². The number of methoxy groups -OCH3 is 1. The number of aryl methyl sites for hydroxylation is 1. The third-order valence-electron chi connectivity index (χ3n) is 6.23. The highest BCUT2D eigenvalue weighted by atomic mass is 32.1. The fourth-order valence-corrected chi connectivity index (χ4v) is 4.65. The predicted molar refractivity (Wildman–Crippen MR) is 142 cm³/mol. The second-order valence-corrected chi connectivity index (χ2v) is 8.69. The van der Waals surface area contributed by atoms with Gasteiger partial charge in [-0.25, -0.2) is 0 Å². The van der Waals surface area contributed by atoms with Gasteiger partial charge in [0.15, 0.2) is 5.11 Å². The maximum atomic E-state index is 5.84. The lowest BCUT2D eigenvalue weighted by Gasteiger charge is -2.37. The fraction of sp³-hybridized carbons (Fsp3) is 0.179. The van der Waals surface area contributed by atoms with E-state index in [4.69, 9.17) is 26.5 Å². The van der Waals surface area contributed by atoms with Crippen LogP contribution < -0.4 is 15.0 Å². The largest absolute Gasteiger partial charge is 0.497 e. The molecule has 1 N–H and O–H groups in total. The van der Waals surface area contributed by atoms with Crippen LogP contribution in [0.3, 0.4) is 0 Å². The molecule has 0 bridgehead atoms. The normalized spacial score (nSPS) is 15.8. The van der Waals surface area contributed by atoms with Crippen molar-refractivity contribution in [1.29, 1.82) is 0 Å². The molecule has 0 saturated carbocycles. The van der Waals surface area contributed by atoms with Crippen LogP contribution in [-0.2, 0) is 6.42 Å². The van der Waals surface area contributed by atoms with E-state index in [9.17, 15) is 0 Å². The molecule has 1 aromatic heterocycles. The van der Waals surface area contributed by atoms with Gasteiger partial charge in [0, 0.05) is 16.9 Å². The predicted octanol–water partition coefficient (Wildman–Crippen LogP) is 6.17. The van der Waals surface area contributed by atoms with Crippen LogP contribution in [-0.4, -0.2) is 22.4 Å². The standard InChI is InChI=1S/C28H26N4O2S/c1-4-19-10-12-20(13-11-19)25-24(18(2)32(28(35)29-25)22-8-6-5-7-9-22)27-30-26(31-34-27)21-14-16-23(33-3)17-15-21/h5-17,25H,4H2,1-3H3,(H,29,35). The summed E-state index contributed by atoms with van der Waals surface area (Å²) < 4.78 is 11.1. The minimum absolute atomic E-state index is 0.225. The second kappa shape index (κ2) is 9.72. The van der Waals surface area contributed by atoms with Crippen LogP contribution in [0.15, 0.2) is 89.1 Å². The van der Waals surface area contributed by atoms with Crippen molar-refractivity contribution < 1.29 is 9.26 Å². The van der Waals surface area contributed by atoms with Gasteiger partial charge in [-0.05, 0) is 73.1 Å². The van der Waals surface area contributed by atoms with Gasteiger partial charge in [-0.15, -0.1) is 0 Å². The maximum absolute atomic E-state index is 5.84. The molecule has 35 heavy (non-hydrogen) atoms. The molecule has 1 aliphatic rings. The number of nitrogens with zero attached hydrogens (tertiary/aromatic N) is 3. The van der Waals surface area contributed by atoms with E-state index in [-0.39, 0.29) is 6.04 Å². The van der Waals surface area contributed by atoms with Crippen molar-refractivity contribution in [2.45, 2.75) is 26.3 Å². The first kappa shape index (κ1) is 22.8. The number of hydrogen-bond acceptors (Lipinski definition) is 5. The number of nitrogens with one attached hydrogen (secondary N) is 1. The van der Waals surface area contributed by atoms with Crippen LogP contribution >= 0.6 is 12.2 Å². The van der Waals surface area contributed by atoms with Crippen molar-refractivity contribution in [1.82, 2.24) is 15.5 Å². The van der Waals surface area contributed by atoms with E-state index in [0.29, 0.717) is 16.8 Å². The number of benzene rings is 3. The molecule has 7 heteroatoms. The Kier molecular flexibility index (Phi) is 6.33. The average molecular weight is 483 g/mol. The molecule has 3 aromatic carbocycles. The fourth-order valence-electron chi connectivity index (χ4n) is 4.29. The van der Waals surface area contributed by atoms with Crippen molar-refractivity contribution in [3.05, 3.63) is 102 Å². The SMILES string of the molecule is CCc1ccc(C2NC(=S)N(c3ccccc3)C(C)=C2c2nc(-c3ccc(OC)cc3)no2)cc1. The van der Waals surface area contributed by atoms with Gasteiger partial charge < -0.3 is 14.6 Å². The lowest BCUT2D eigenvalue weighted by molar-refractivity contribution is 0.404. The summed E-state index contributed by atoms with van der Waals surface area (Å²) in [6.45, 7) is 4.19. The molecular formula is C28H26N4O2S. The van der Waals surface area contributed by atoms with Crippen LogP contribution in [0, 0.1) is 0 Å². The van der Waals surface area contributed by atoms with Gasteiger partial charge >= 0.3 is 0 Å². The van der Waals surface area contributed by atoms with Crippen LogP contribution in [0.4, 0.5) is 5.69 Å². The van der Waals surface area contributed by atoms with E-state index in [0.717, 1.165) is 40.3 Å². The molecule has 176 valence electrons. The van der Waals surface area contributed by atoms with Crippen molar-refractivity contribution in [2.75, 3.05) is 12.0 Å². The molecule has 5 rings (SSSR count). The third kappa shape index (κ3) is 4.42. The van der Waals surface area contributed by atoms with Gasteiger partial charge in [0.1, 0.15) is 5.75 Å². The highest BCUT2D eigenvalue weighted by Crippen LogP contribution is 2.39. The summed E-state index contributed by atoms with van der Waals surface area (Å²) in [6.07, 6.45) is 0.981. The monoisotopic (exact) mass is 482 g/mol. The number of aromatic nitrogens is 2. The van der Waals surface area contributed by atoms with E-state index < -0.39 is 0 Å². The zero-order valence-electron chi connectivity index (χ0n) is 19.9. The Morgan fingerprint density at radius 3 is 2.37 bits per heavy atom. The van der Waals surface area contributed by atoms with Crippen LogP contribution in [0.25, 0.3) is 17.0 Å². The number of thiocarbonyl (C=S) groups is 1. The van der Waals surface area contributed by atoms with Gasteiger partial charge in [0.2, 0.25) is 5.82 Å². The van der Waals surface area contributed by atoms with Gasteiger partial charge in [-0.2, -0.15) is 4.98 Å². The molecule has 0 amide bonds. The first-order valence-corrected chi connectivity index (χ1v) is 11.9. The number of para-hydroxylation sites is 1. The van der Waals surface area contributed by atoms with Crippen molar-refractivity contribution in [2.24, 2.45) is 0 Å². The molecule has 0 saturated heterocycles. The molecule has 1 atom stereocenters. The number of rotatable bonds is 6. The maximum Gasteiger partial charge on any atom is 0.258 e. The molecule has 1 unspecified atom stereocenters. The molecule has 0 spiro atoms. The molecule has 6 nitrogen and oxygen atoms in total. The average Bonchev–Trinajstić information content (AvgIpc) is 3.39. The Balaban J connectivity index is 1.61. The zero-order chi connectivity index (χ0) is 24.4. The topological polar surface area (TPSA) is 63.4 Å². The summed E-state index contributed by atoms with van der Waals surface area (Å²) in [5, 5.41) is 8.42. The number of hydrogen-bond donors (Lipinski definition) is 1. The first-order chi connectivity index (χ1) is 17.1. The number of ether oxygens (including phenoxy) is 1. The lowest BCUT2D eigenvalue weighted by Crippen LogP contribution is -2.46. The summed E-state index contributed by atoms with van der Waals surface area (Å²) in [4.78, 5) is 6.80. The smallest absolute Gasteiger partial charge is 0.258 e. The molecule has 0 fully saturated rings. The van der Waals surface area contributed by atoms with Gasteiger partial charge in [0.05, 0.1) is 18.7 Å². The van der Waals surface area contributed by atoms with Gasteiger partial charge in [0.25, 0.3) is 5.89 Å². The Bertz CT molecular complexity index is 1360. The summed E-state index contributed by atoms with van der Waals surface area (Å²) in [5.41, 5.74) is 6.00.